The van der Waals surface area contributed by atoms with E-state index in [1.54, 1.807) is 13.8 Å². The van der Waals surface area contributed by atoms with E-state index in [4.69, 9.17) is 5.11 Å². The van der Waals surface area contributed by atoms with E-state index in [1.165, 1.54) is 23.1 Å². The highest BCUT2D eigenvalue weighted by Gasteiger charge is 2.42. The maximum absolute atomic E-state index is 13.0. The fourth-order valence-corrected chi connectivity index (χ4v) is 2.35. The highest BCUT2D eigenvalue weighted by molar-refractivity contribution is 5.96. The van der Waals surface area contributed by atoms with Gasteiger partial charge in [-0.1, -0.05) is 0 Å². The third-order valence-electron chi connectivity index (χ3n) is 3.70. The molecule has 2 rings (SSSR count). The van der Waals surface area contributed by atoms with E-state index in [-0.39, 0.29) is 18.3 Å². The van der Waals surface area contributed by atoms with Crippen molar-refractivity contribution in [1.29, 1.82) is 0 Å². The second-order valence-corrected chi connectivity index (χ2v) is 5.30. The first kappa shape index (κ1) is 13.5. The standard InChI is InChI=1S/C14H16FNO3/c1-9-7-10(15)3-4-11(9)12(17)16-6-5-14(2,8-16)13(18)19/h3-4,7H,5-6,8H2,1-2H3,(H,18,19). The van der Waals surface area contributed by atoms with Crippen molar-refractivity contribution in [3.8, 4) is 0 Å². The summed E-state index contributed by atoms with van der Waals surface area (Å²) in [6.07, 6.45) is 0.439. The van der Waals surface area contributed by atoms with Gasteiger partial charge in [0.1, 0.15) is 5.82 Å². The molecule has 1 aliphatic rings. The first-order valence-electron chi connectivity index (χ1n) is 6.12. The Hall–Kier alpha value is -1.91. The van der Waals surface area contributed by atoms with E-state index >= 15 is 0 Å². The minimum atomic E-state index is -0.890. The minimum absolute atomic E-state index is 0.192. The van der Waals surface area contributed by atoms with Crippen LogP contribution < -0.4 is 0 Å². The van der Waals surface area contributed by atoms with Gasteiger partial charge in [0.15, 0.2) is 0 Å². The third-order valence-corrected chi connectivity index (χ3v) is 3.70. The first-order chi connectivity index (χ1) is 8.83. The molecule has 0 aliphatic carbocycles. The summed E-state index contributed by atoms with van der Waals surface area (Å²) in [6, 6.07) is 4.00. The van der Waals surface area contributed by atoms with Gasteiger partial charge in [-0.25, -0.2) is 4.39 Å². The molecule has 1 N–H and O–H groups in total. The number of nitrogens with zero attached hydrogens (tertiary/aromatic N) is 1. The number of aryl methyl sites for hydroxylation is 1. The van der Waals surface area contributed by atoms with E-state index in [2.05, 4.69) is 0 Å². The average molecular weight is 265 g/mol. The van der Waals surface area contributed by atoms with Gasteiger partial charge in [-0.15, -0.1) is 0 Å². The molecule has 1 amide bonds. The van der Waals surface area contributed by atoms with Crippen LogP contribution >= 0.6 is 0 Å². The molecule has 0 aromatic heterocycles. The van der Waals surface area contributed by atoms with E-state index in [0.29, 0.717) is 24.1 Å². The monoisotopic (exact) mass is 265 g/mol. The molecular formula is C14H16FNO3. The van der Waals surface area contributed by atoms with Crippen molar-refractivity contribution in [3.63, 3.8) is 0 Å². The molecular weight excluding hydrogens is 249 g/mol. The zero-order valence-corrected chi connectivity index (χ0v) is 10.9. The predicted octanol–water partition coefficient (Wildman–Crippen LogP) is 2.07. The van der Waals surface area contributed by atoms with Crippen molar-refractivity contribution in [2.24, 2.45) is 5.41 Å². The zero-order valence-electron chi connectivity index (χ0n) is 10.9. The normalized spacial score (nSPS) is 22.6. The summed E-state index contributed by atoms with van der Waals surface area (Å²) in [5.74, 6) is -1.51. The second-order valence-electron chi connectivity index (χ2n) is 5.30. The van der Waals surface area contributed by atoms with Gasteiger partial charge in [0, 0.05) is 18.7 Å². The van der Waals surface area contributed by atoms with Crippen LogP contribution in [0.25, 0.3) is 0 Å². The van der Waals surface area contributed by atoms with Gasteiger partial charge < -0.3 is 10.0 Å². The number of carbonyl (C=O) groups is 2. The lowest BCUT2D eigenvalue weighted by Gasteiger charge is -2.20. The van der Waals surface area contributed by atoms with Crippen LogP contribution in [0.2, 0.25) is 0 Å². The minimum Gasteiger partial charge on any atom is -0.481 e. The predicted molar refractivity (Wildman–Crippen MR) is 67.4 cm³/mol. The Kier molecular flexibility index (Phi) is 3.30. The summed E-state index contributed by atoms with van der Waals surface area (Å²) in [5.41, 5.74) is 0.105. The Morgan fingerprint density at radius 2 is 2.11 bits per heavy atom. The van der Waals surface area contributed by atoms with Gasteiger partial charge in [0.05, 0.1) is 5.41 Å². The van der Waals surface area contributed by atoms with Gasteiger partial charge in [-0.05, 0) is 44.0 Å². The molecule has 1 unspecified atom stereocenters. The van der Waals surface area contributed by atoms with Crippen LogP contribution in [0, 0.1) is 18.2 Å². The Balaban J connectivity index is 2.20. The second kappa shape index (κ2) is 4.64. The number of amides is 1. The van der Waals surface area contributed by atoms with Crippen LogP contribution in [0.15, 0.2) is 18.2 Å². The van der Waals surface area contributed by atoms with E-state index in [0.717, 1.165) is 0 Å². The van der Waals surface area contributed by atoms with Crippen LogP contribution in [0.1, 0.15) is 29.3 Å². The molecule has 102 valence electrons. The molecule has 1 atom stereocenters. The Bertz CT molecular complexity index is 543. The summed E-state index contributed by atoms with van der Waals surface area (Å²) in [5, 5.41) is 9.15. The number of carbonyl (C=O) groups excluding carboxylic acids is 1. The molecule has 1 aliphatic heterocycles. The quantitative estimate of drug-likeness (QED) is 0.890. The lowest BCUT2D eigenvalue weighted by molar-refractivity contribution is -0.147. The van der Waals surface area contributed by atoms with Crippen molar-refractivity contribution < 1.29 is 19.1 Å². The maximum atomic E-state index is 13.0. The number of hydrogen-bond donors (Lipinski definition) is 1. The van der Waals surface area contributed by atoms with Gasteiger partial charge in [-0.2, -0.15) is 0 Å². The lowest BCUT2D eigenvalue weighted by atomic mass is 9.90. The highest BCUT2D eigenvalue weighted by Crippen LogP contribution is 2.31. The highest BCUT2D eigenvalue weighted by atomic mass is 19.1. The van der Waals surface area contributed by atoms with Crippen molar-refractivity contribution in [2.75, 3.05) is 13.1 Å². The fourth-order valence-electron chi connectivity index (χ4n) is 2.35. The molecule has 1 fully saturated rings. The zero-order chi connectivity index (χ0) is 14.2. The van der Waals surface area contributed by atoms with Gasteiger partial charge in [0.25, 0.3) is 5.91 Å². The van der Waals surface area contributed by atoms with Crippen molar-refractivity contribution in [3.05, 3.63) is 35.1 Å². The van der Waals surface area contributed by atoms with Crippen LogP contribution in [-0.4, -0.2) is 35.0 Å². The molecule has 1 aromatic carbocycles. The maximum Gasteiger partial charge on any atom is 0.311 e. The summed E-state index contributed by atoms with van der Waals surface area (Å²) in [4.78, 5) is 25.0. The van der Waals surface area contributed by atoms with E-state index < -0.39 is 11.4 Å². The lowest BCUT2D eigenvalue weighted by Crippen LogP contribution is -2.35. The molecule has 0 spiro atoms. The molecule has 4 nitrogen and oxygen atoms in total. The number of aliphatic carboxylic acids is 1. The van der Waals surface area contributed by atoms with Crippen molar-refractivity contribution in [2.45, 2.75) is 20.3 Å². The van der Waals surface area contributed by atoms with Crippen molar-refractivity contribution in [1.82, 2.24) is 4.90 Å². The molecule has 1 aromatic rings. The van der Waals surface area contributed by atoms with Gasteiger partial charge in [-0.3, -0.25) is 9.59 Å². The Morgan fingerprint density at radius 1 is 1.42 bits per heavy atom. The number of carboxylic acid groups (broad SMARTS) is 1. The van der Waals surface area contributed by atoms with Crippen molar-refractivity contribution >= 4 is 11.9 Å². The number of carboxylic acids is 1. The van der Waals surface area contributed by atoms with Crippen LogP contribution in [0.3, 0.4) is 0 Å². The van der Waals surface area contributed by atoms with Crippen LogP contribution in [0.4, 0.5) is 4.39 Å². The van der Waals surface area contributed by atoms with E-state index in [9.17, 15) is 14.0 Å². The Labute approximate surface area is 110 Å². The number of halogens is 1. The smallest absolute Gasteiger partial charge is 0.311 e. The molecule has 1 saturated heterocycles. The first-order valence-corrected chi connectivity index (χ1v) is 6.12. The molecule has 19 heavy (non-hydrogen) atoms. The Morgan fingerprint density at radius 3 is 2.63 bits per heavy atom. The summed E-state index contributed by atoms with van der Waals surface area (Å²) < 4.78 is 13.0. The fraction of sp³-hybridized carbons (Fsp3) is 0.429. The van der Waals surface area contributed by atoms with E-state index in [1.807, 2.05) is 0 Å². The summed E-state index contributed by atoms with van der Waals surface area (Å²) >= 11 is 0. The number of likely N-dealkylation sites (tertiary alicyclic amines) is 1. The van der Waals surface area contributed by atoms with Gasteiger partial charge >= 0.3 is 5.97 Å². The summed E-state index contributed by atoms with van der Waals surface area (Å²) in [7, 11) is 0. The average Bonchev–Trinajstić information content (AvgIpc) is 2.73. The topological polar surface area (TPSA) is 57.6 Å². The van der Waals surface area contributed by atoms with Gasteiger partial charge in [0.2, 0.25) is 0 Å². The molecule has 0 saturated carbocycles. The number of benzene rings is 1. The number of rotatable bonds is 2. The summed E-state index contributed by atoms with van der Waals surface area (Å²) in [6.45, 7) is 3.92. The number of hydrogen-bond acceptors (Lipinski definition) is 2. The SMILES string of the molecule is Cc1cc(F)ccc1C(=O)N1CCC(C)(C(=O)O)C1. The molecule has 0 bridgehead atoms. The molecule has 5 heteroatoms. The van der Waals surface area contributed by atoms with Crippen LogP contribution in [-0.2, 0) is 4.79 Å². The van der Waals surface area contributed by atoms with Crippen LogP contribution in [0.5, 0.6) is 0 Å². The molecule has 1 heterocycles. The third kappa shape index (κ3) is 2.45. The largest absolute Gasteiger partial charge is 0.481 e. The molecule has 0 radical (unpaired) electrons.